The van der Waals surface area contributed by atoms with Gasteiger partial charge in [-0.1, -0.05) is 17.7 Å². The van der Waals surface area contributed by atoms with Crippen molar-refractivity contribution in [2.45, 2.75) is 26.2 Å². The van der Waals surface area contributed by atoms with Crippen LogP contribution in [0.4, 0.5) is 0 Å². The van der Waals surface area contributed by atoms with E-state index in [9.17, 15) is 0 Å². The maximum atomic E-state index is 6.34. The van der Waals surface area contributed by atoms with Crippen LogP contribution in [0.15, 0.2) is 30.3 Å². The molecule has 0 unspecified atom stereocenters. The van der Waals surface area contributed by atoms with E-state index >= 15 is 0 Å². The lowest BCUT2D eigenvalue weighted by Gasteiger charge is -2.13. The van der Waals surface area contributed by atoms with Crippen molar-refractivity contribution in [1.82, 2.24) is 4.98 Å². The first kappa shape index (κ1) is 18.6. The summed E-state index contributed by atoms with van der Waals surface area (Å²) in [5, 5.41) is 1.91. The monoisotopic (exact) mass is 372 g/mol. The number of hydrogen-bond acceptors (Lipinski definition) is 3. The highest BCUT2D eigenvalue weighted by atomic mass is 35.5. The molecule has 0 atom stereocenters. The highest BCUT2D eigenvalue weighted by Crippen LogP contribution is 2.42. The summed E-state index contributed by atoms with van der Waals surface area (Å²) in [5.74, 6) is 1.44. The summed E-state index contributed by atoms with van der Waals surface area (Å²) >= 11 is 6.34. The number of methoxy groups -OCH3 is 2. The Balaban J connectivity index is 2.25. The number of rotatable bonds is 7. The molecule has 0 aliphatic heterocycles. The number of aromatic nitrogens is 1. The normalized spacial score (nSPS) is 11.1. The predicted octanol–water partition coefficient (Wildman–Crippen LogP) is 5.10. The Morgan fingerprint density at radius 2 is 1.92 bits per heavy atom. The van der Waals surface area contributed by atoms with Crippen molar-refractivity contribution < 1.29 is 9.47 Å². The first-order valence-corrected chi connectivity index (χ1v) is 9.20. The maximum absolute atomic E-state index is 6.34. The van der Waals surface area contributed by atoms with Crippen LogP contribution in [0.1, 0.15) is 24.0 Å². The van der Waals surface area contributed by atoms with E-state index in [2.05, 4.69) is 18.0 Å². The molecule has 1 aromatic heterocycles. The van der Waals surface area contributed by atoms with Gasteiger partial charge >= 0.3 is 0 Å². The van der Waals surface area contributed by atoms with Crippen LogP contribution in [0.2, 0.25) is 5.02 Å². The second kappa shape index (κ2) is 8.02. The third-order valence-corrected chi connectivity index (χ3v) is 4.95. The molecule has 0 saturated heterocycles. The van der Waals surface area contributed by atoms with E-state index < -0.39 is 0 Å². The lowest BCUT2D eigenvalue weighted by molar-refractivity contribution is 0.356. The largest absolute Gasteiger partial charge is 0.493 e. The molecular weight excluding hydrogens is 348 g/mol. The molecular formula is C21H25ClN2O2. The summed E-state index contributed by atoms with van der Waals surface area (Å²) in [5.41, 5.74) is 11.2. The first-order chi connectivity index (χ1) is 12.6. The number of para-hydroxylation sites is 1. The Labute approximate surface area is 159 Å². The molecule has 2 aromatic carbocycles. The van der Waals surface area contributed by atoms with Crippen molar-refractivity contribution in [2.75, 3.05) is 20.8 Å². The lowest BCUT2D eigenvalue weighted by atomic mass is 9.99. The van der Waals surface area contributed by atoms with Gasteiger partial charge in [0.05, 0.1) is 19.9 Å². The predicted molar refractivity (Wildman–Crippen MR) is 109 cm³/mol. The summed E-state index contributed by atoms with van der Waals surface area (Å²) in [7, 11) is 3.32. The molecule has 138 valence electrons. The number of unbranched alkanes of at least 4 members (excludes halogenated alkanes) is 1. The van der Waals surface area contributed by atoms with Crippen molar-refractivity contribution >= 4 is 22.5 Å². The van der Waals surface area contributed by atoms with E-state index in [1.165, 1.54) is 5.56 Å². The van der Waals surface area contributed by atoms with Crippen molar-refractivity contribution in [3.63, 3.8) is 0 Å². The van der Waals surface area contributed by atoms with Gasteiger partial charge in [-0.15, -0.1) is 0 Å². The van der Waals surface area contributed by atoms with Gasteiger partial charge in [0, 0.05) is 21.5 Å². The Morgan fingerprint density at radius 1 is 1.12 bits per heavy atom. The second-order valence-corrected chi connectivity index (χ2v) is 6.85. The van der Waals surface area contributed by atoms with Crippen LogP contribution >= 0.6 is 11.6 Å². The molecule has 0 radical (unpaired) electrons. The molecule has 0 bridgehead atoms. The molecule has 0 spiro atoms. The Kier molecular flexibility index (Phi) is 5.74. The van der Waals surface area contributed by atoms with Crippen LogP contribution in [0.3, 0.4) is 0 Å². The number of benzene rings is 2. The first-order valence-electron chi connectivity index (χ1n) is 8.82. The fraction of sp³-hybridized carbons (Fsp3) is 0.333. The molecule has 0 aliphatic carbocycles. The number of aromatic amines is 1. The summed E-state index contributed by atoms with van der Waals surface area (Å²) in [6, 6.07) is 9.95. The number of halogens is 1. The van der Waals surface area contributed by atoms with E-state index in [0.29, 0.717) is 12.3 Å². The lowest BCUT2D eigenvalue weighted by Crippen LogP contribution is -2.00. The minimum atomic E-state index is 0.694. The summed E-state index contributed by atoms with van der Waals surface area (Å²) in [6.07, 6.45) is 2.93. The van der Waals surface area contributed by atoms with Gasteiger partial charge in [-0.2, -0.15) is 0 Å². The van der Waals surface area contributed by atoms with Crippen molar-refractivity contribution in [3.8, 4) is 22.8 Å². The molecule has 0 saturated carbocycles. The molecule has 1 heterocycles. The number of nitrogens with two attached hydrogens (primary N) is 1. The van der Waals surface area contributed by atoms with Crippen molar-refractivity contribution in [2.24, 2.45) is 5.73 Å². The molecule has 3 rings (SSSR count). The topological polar surface area (TPSA) is 60.3 Å². The zero-order chi connectivity index (χ0) is 18.7. The molecule has 0 amide bonds. The number of fused-ring (bicyclic) bond motifs is 1. The second-order valence-electron chi connectivity index (χ2n) is 6.41. The fourth-order valence-electron chi connectivity index (χ4n) is 3.50. The van der Waals surface area contributed by atoms with Gasteiger partial charge < -0.3 is 20.2 Å². The Bertz CT molecular complexity index is 918. The Morgan fingerprint density at radius 3 is 2.62 bits per heavy atom. The summed E-state index contributed by atoms with van der Waals surface area (Å²) < 4.78 is 11.1. The van der Waals surface area contributed by atoms with Gasteiger partial charge in [-0.05, 0) is 68.1 Å². The molecule has 0 aliphatic rings. The van der Waals surface area contributed by atoms with E-state index in [0.717, 1.165) is 57.8 Å². The molecule has 26 heavy (non-hydrogen) atoms. The van der Waals surface area contributed by atoms with Crippen LogP contribution in [-0.2, 0) is 6.42 Å². The Hall–Kier alpha value is -2.17. The number of aryl methyl sites for hydroxylation is 2. The fourth-order valence-corrected chi connectivity index (χ4v) is 3.77. The third kappa shape index (κ3) is 3.39. The van der Waals surface area contributed by atoms with E-state index in [1.807, 2.05) is 24.3 Å². The average molecular weight is 373 g/mol. The SMILES string of the molecule is COc1cccc(-c2[nH]c3c(C)cc(Cl)cc3c2CCCCN)c1OC. The zero-order valence-electron chi connectivity index (χ0n) is 15.5. The van der Waals surface area contributed by atoms with Gasteiger partial charge in [0.15, 0.2) is 11.5 Å². The van der Waals surface area contributed by atoms with E-state index in [1.54, 1.807) is 14.2 Å². The molecule has 3 N–H and O–H groups in total. The standard InChI is InChI=1S/C21H25ClN2O2/c1-13-11-14(22)12-17-15(7-4-5-10-23)20(24-19(13)17)16-8-6-9-18(25-2)21(16)26-3/h6,8-9,11-12,24H,4-5,7,10,23H2,1-3H3. The van der Waals surface area contributed by atoms with Gasteiger partial charge in [0.2, 0.25) is 0 Å². The molecule has 4 nitrogen and oxygen atoms in total. The molecule has 5 heteroatoms. The molecule has 0 fully saturated rings. The smallest absolute Gasteiger partial charge is 0.170 e. The highest BCUT2D eigenvalue weighted by Gasteiger charge is 2.19. The minimum absolute atomic E-state index is 0.694. The van der Waals surface area contributed by atoms with Crippen LogP contribution in [-0.4, -0.2) is 25.7 Å². The van der Waals surface area contributed by atoms with Gasteiger partial charge in [0.1, 0.15) is 0 Å². The van der Waals surface area contributed by atoms with Crippen LogP contribution in [0.25, 0.3) is 22.2 Å². The number of nitrogens with one attached hydrogen (secondary N) is 1. The maximum Gasteiger partial charge on any atom is 0.170 e. The third-order valence-electron chi connectivity index (χ3n) is 4.73. The van der Waals surface area contributed by atoms with Crippen LogP contribution in [0.5, 0.6) is 11.5 Å². The van der Waals surface area contributed by atoms with E-state index in [-0.39, 0.29) is 0 Å². The number of H-pyrrole nitrogens is 1. The van der Waals surface area contributed by atoms with Crippen molar-refractivity contribution in [3.05, 3.63) is 46.5 Å². The van der Waals surface area contributed by atoms with Crippen LogP contribution < -0.4 is 15.2 Å². The highest BCUT2D eigenvalue weighted by molar-refractivity contribution is 6.31. The summed E-state index contributed by atoms with van der Waals surface area (Å²) in [6.45, 7) is 2.76. The average Bonchev–Trinajstić information content (AvgIpc) is 3.00. The van der Waals surface area contributed by atoms with E-state index in [4.69, 9.17) is 26.8 Å². The minimum Gasteiger partial charge on any atom is -0.493 e. The zero-order valence-corrected chi connectivity index (χ0v) is 16.2. The van der Waals surface area contributed by atoms with Crippen LogP contribution in [0, 0.1) is 6.92 Å². The molecule has 3 aromatic rings. The number of hydrogen-bond donors (Lipinski definition) is 2. The van der Waals surface area contributed by atoms with Gasteiger partial charge in [-0.3, -0.25) is 0 Å². The van der Waals surface area contributed by atoms with Gasteiger partial charge in [0.25, 0.3) is 0 Å². The quantitative estimate of drug-likeness (QED) is 0.567. The van der Waals surface area contributed by atoms with Crippen molar-refractivity contribution in [1.29, 1.82) is 0 Å². The summed E-state index contributed by atoms with van der Waals surface area (Å²) in [4.78, 5) is 3.60. The van der Waals surface area contributed by atoms with Gasteiger partial charge in [-0.25, -0.2) is 0 Å². The number of ether oxygens (including phenoxy) is 2.